The first-order valence-corrected chi connectivity index (χ1v) is 12.9. The molecule has 0 aliphatic heterocycles. The largest absolute Gasteiger partial charge is 0.482 e. The third kappa shape index (κ3) is 7.81. The Morgan fingerprint density at radius 3 is 2.21 bits per heavy atom. The van der Waals surface area contributed by atoms with Gasteiger partial charge in [-0.1, -0.05) is 77.8 Å². The molecule has 1 heterocycles. The van der Waals surface area contributed by atoms with Crippen LogP contribution in [-0.2, 0) is 29.1 Å². The third-order valence-electron chi connectivity index (χ3n) is 5.94. The molecular weight excluding hydrogens is 521 g/mol. The minimum atomic E-state index is -0.794. The predicted octanol–water partition coefficient (Wildman–Crippen LogP) is 5.72. The Bertz CT molecular complexity index is 1340. The molecule has 8 heteroatoms. The van der Waals surface area contributed by atoms with Crippen LogP contribution in [0.2, 0.25) is 10.0 Å². The molecule has 194 valence electrons. The van der Waals surface area contributed by atoms with Crippen molar-refractivity contribution < 1.29 is 14.3 Å². The molecule has 1 N–H and O–H groups in total. The molecule has 38 heavy (non-hydrogen) atoms. The summed E-state index contributed by atoms with van der Waals surface area (Å²) in [4.78, 5) is 32.9. The van der Waals surface area contributed by atoms with Crippen LogP contribution in [0, 0.1) is 0 Å². The highest BCUT2D eigenvalue weighted by Crippen LogP contribution is 2.24. The lowest BCUT2D eigenvalue weighted by molar-refractivity contribution is -0.142. The number of hydrogen-bond acceptors (Lipinski definition) is 4. The summed E-state index contributed by atoms with van der Waals surface area (Å²) in [5, 5.41) is 3.98. The Kier molecular flexibility index (Phi) is 9.73. The van der Waals surface area contributed by atoms with E-state index in [-0.39, 0.29) is 25.0 Å². The normalized spacial score (nSPS) is 11.4. The Hall–Kier alpha value is -3.87. The number of para-hydroxylation sites is 1. The molecule has 2 amide bonds. The summed E-state index contributed by atoms with van der Waals surface area (Å²) >= 11 is 12.3. The van der Waals surface area contributed by atoms with Gasteiger partial charge in [-0.2, -0.15) is 0 Å². The number of nitrogens with zero attached hydrogens (tertiary/aromatic N) is 2. The quantitative estimate of drug-likeness (QED) is 0.260. The number of carbonyl (C=O) groups is 2. The first kappa shape index (κ1) is 27.2. The lowest BCUT2D eigenvalue weighted by Crippen LogP contribution is -2.51. The average Bonchev–Trinajstić information content (AvgIpc) is 2.95. The third-order valence-corrected chi connectivity index (χ3v) is 6.51. The number of aromatic nitrogens is 1. The summed E-state index contributed by atoms with van der Waals surface area (Å²) in [6, 6.07) is 26.6. The Balaban J connectivity index is 1.61. The van der Waals surface area contributed by atoms with Gasteiger partial charge < -0.3 is 15.0 Å². The smallest absolute Gasteiger partial charge is 0.261 e. The number of pyridine rings is 1. The van der Waals surface area contributed by atoms with Crippen LogP contribution >= 0.6 is 23.2 Å². The maximum absolute atomic E-state index is 13.7. The van der Waals surface area contributed by atoms with Crippen LogP contribution in [0.5, 0.6) is 5.75 Å². The molecule has 0 radical (unpaired) electrons. The van der Waals surface area contributed by atoms with E-state index in [0.29, 0.717) is 28.8 Å². The molecule has 4 aromatic rings. The van der Waals surface area contributed by atoms with Crippen LogP contribution < -0.4 is 10.1 Å². The van der Waals surface area contributed by atoms with Crippen molar-refractivity contribution in [2.24, 2.45) is 0 Å². The molecule has 0 saturated carbocycles. The second kappa shape index (κ2) is 13.6. The molecular formula is C30H27Cl2N3O3. The number of nitrogens with one attached hydrogen (secondary N) is 1. The molecule has 1 atom stereocenters. The van der Waals surface area contributed by atoms with Crippen molar-refractivity contribution in [1.29, 1.82) is 0 Å². The molecule has 3 aromatic carbocycles. The highest BCUT2D eigenvalue weighted by atomic mass is 35.5. The zero-order valence-corrected chi connectivity index (χ0v) is 22.1. The number of amides is 2. The van der Waals surface area contributed by atoms with E-state index in [1.54, 1.807) is 53.7 Å². The van der Waals surface area contributed by atoms with E-state index >= 15 is 0 Å². The van der Waals surface area contributed by atoms with Crippen LogP contribution in [-0.4, -0.2) is 34.3 Å². The lowest BCUT2D eigenvalue weighted by atomic mass is 10.0. The number of hydrogen-bond donors (Lipinski definition) is 1. The Morgan fingerprint density at radius 2 is 1.50 bits per heavy atom. The van der Waals surface area contributed by atoms with Gasteiger partial charge in [-0.15, -0.1) is 0 Å². The molecule has 0 bridgehead atoms. The second-order valence-corrected chi connectivity index (χ2v) is 9.49. The molecule has 0 unspecified atom stereocenters. The second-order valence-electron chi connectivity index (χ2n) is 8.65. The van der Waals surface area contributed by atoms with Gasteiger partial charge in [0.1, 0.15) is 11.8 Å². The molecule has 0 aliphatic rings. The van der Waals surface area contributed by atoms with Gasteiger partial charge in [0.15, 0.2) is 6.61 Å². The summed E-state index contributed by atoms with van der Waals surface area (Å²) in [7, 11) is 0. The monoisotopic (exact) mass is 547 g/mol. The van der Waals surface area contributed by atoms with E-state index in [9.17, 15) is 9.59 Å². The maximum Gasteiger partial charge on any atom is 0.261 e. The van der Waals surface area contributed by atoms with Gasteiger partial charge in [-0.3, -0.25) is 14.6 Å². The average molecular weight is 548 g/mol. The summed E-state index contributed by atoms with van der Waals surface area (Å²) in [6.45, 7) is 0.230. The van der Waals surface area contributed by atoms with E-state index in [0.717, 1.165) is 16.7 Å². The number of benzene rings is 3. The minimum Gasteiger partial charge on any atom is -0.482 e. The molecule has 1 aromatic heterocycles. The van der Waals surface area contributed by atoms with E-state index < -0.39 is 6.04 Å². The van der Waals surface area contributed by atoms with Crippen molar-refractivity contribution in [3.05, 3.63) is 130 Å². The topological polar surface area (TPSA) is 71.5 Å². The standard InChI is InChI=1S/C30H27Cl2N3O3/c31-25-12-10-24(11-13-25)20-35(29(36)21-38-28-9-5-4-8-26(28)32)27(18-22-6-2-1-3-7-22)30(37)34-19-23-14-16-33-17-15-23/h1-17,27H,18-21H2,(H,34,37)/t27-/m1/s1. The summed E-state index contributed by atoms with van der Waals surface area (Å²) in [5.74, 6) is -0.221. The zero-order chi connectivity index (χ0) is 26.7. The van der Waals surface area contributed by atoms with E-state index in [1.807, 2.05) is 54.6 Å². The van der Waals surface area contributed by atoms with Crippen molar-refractivity contribution in [1.82, 2.24) is 15.2 Å². The number of carbonyl (C=O) groups excluding carboxylic acids is 2. The van der Waals surface area contributed by atoms with Crippen LogP contribution in [0.3, 0.4) is 0 Å². The Labute approximate surface area is 232 Å². The molecule has 0 fully saturated rings. The minimum absolute atomic E-state index is 0.196. The number of halogens is 2. The van der Waals surface area contributed by atoms with Gasteiger partial charge in [0.05, 0.1) is 5.02 Å². The zero-order valence-electron chi connectivity index (χ0n) is 20.6. The fourth-order valence-electron chi connectivity index (χ4n) is 3.93. The van der Waals surface area contributed by atoms with Crippen LogP contribution in [0.4, 0.5) is 0 Å². The Morgan fingerprint density at radius 1 is 0.816 bits per heavy atom. The number of ether oxygens (including phenoxy) is 1. The fourth-order valence-corrected chi connectivity index (χ4v) is 4.25. The first-order chi connectivity index (χ1) is 18.5. The van der Waals surface area contributed by atoms with E-state index in [1.165, 1.54) is 0 Å². The summed E-state index contributed by atoms with van der Waals surface area (Å²) in [6.07, 6.45) is 3.67. The van der Waals surface area contributed by atoms with Crippen LogP contribution in [0.1, 0.15) is 16.7 Å². The van der Waals surface area contributed by atoms with Crippen molar-refractivity contribution in [2.75, 3.05) is 6.61 Å². The summed E-state index contributed by atoms with van der Waals surface area (Å²) in [5.41, 5.74) is 2.67. The van der Waals surface area contributed by atoms with Crippen LogP contribution in [0.15, 0.2) is 103 Å². The van der Waals surface area contributed by atoms with Gasteiger partial charge in [-0.05, 0) is 53.1 Å². The van der Waals surface area contributed by atoms with Crippen molar-refractivity contribution in [2.45, 2.75) is 25.6 Å². The van der Waals surface area contributed by atoms with Gasteiger partial charge in [-0.25, -0.2) is 0 Å². The van der Waals surface area contributed by atoms with E-state index in [2.05, 4.69) is 10.3 Å². The lowest BCUT2D eigenvalue weighted by Gasteiger charge is -2.31. The maximum atomic E-state index is 13.7. The molecule has 0 aliphatic carbocycles. The fraction of sp³-hybridized carbons (Fsp3) is 0.167. The van der Waals surface area contributed by atoms with Gasteiger partial charge in [0, 0.05) is 36.9 Å². The summed E-state index contributed by atoms with van der Waals surface area (Å²) < 4.78 is 5.76. The van der Waals surface area contributed by atoms with Gasteiger partial charge >= 0.3 is 0 Å². The van der Waals surface area contributed by atoms with Gasteiger partial charge in [0.2, 0.25) is 5.91 Å². The van der Waals surface area contributed by atoms with Crippen molar-refractivity contribution in [3.8, 4) is 5.75 Å². The van der Waals surface area contributed by atoms with E-state index in [4.69, 9.17) is 27.9 Å². The van der Waals surface area contributed by atoms with Crippen molar-refractivity contribution >= 4 is 35.0 Å². The molecule has 4 rings (SSSR count). The molecule has 0 spiro atoms. The highest BCUT2D eigenvalue weighted by Gasteiger charge is 2.30. The SMILES string of the molecule is O=C(NCc1ccncc1)[C@@H](Cc1ccccc1)N(Cc1ccc(Cl)cc1)C(=O)COc1ccccc1Cl. The van der Waals surface area contributed by atoms with Gasteiger partial charge in [0.25, 0.3) is 5.91 Å². The van der Waals surface area contributed by atoms with Crippen LogP contribution in [0.25, 0.3) is 0 Å². The first-order valence-electron chi connectivity index (χ1n) is 12.1. The molecule has 6 nitrogen and oxygen atoms in total. The predicted molar refractivity (Wildman–Crippen MR) is 149 cm³/mol. The van der Waals surface area contributed by atoms with Crippen molar-refractivity contribution in [3.63, 3.8) is 0 Å². The highest BCUT2D eigenvalue weighted by molar-refractivity contribution is 6.32. The number of rotatable bonds is 11. The molecule has 0 saturated heterocycles.